The van der Waals surface area contributed by atoms with Gasteiger partial charge in [0.2, 0.25) is 5.91 Å². The van der Waals surface area contributed by atoms with E-state index in [1.54, 1.807) is 0 Å². The summed E-state index contributed by atoms with van der Waals surface area (Å²) in [4.78, 5) is 15.3. The van der Waals surface area contributed by atoms with E-state index in [9.17, 15) is 4.79 Å². The van der Waals surface area contributed by atoms with Crippen molar-refractivity contribution < 1.29 is 4.79 Å². The lowest BCUT2D eigenvalue weighted by atomic mass is 9.97. The summed E-state index contributed by atoms with van der Waals surface area (Å²) < 4.78 is 0. The zero-order valence-corrected chi connectivity index (χ0v) is 16.2. The van der Waals surface area contributed by atoms with Gasteiger partial charge in [0.15, 0.2) is 0 Å². The van der Waals surface area contributed by atoms with Crippen LogP contribution in [0.25, 0.3) is 0 Å². The second-order valence-corrected chi connectivity index (χ2v) is 8.38. The van der Waals surface area contributed by atoms with Crippen molar-refractivity contribution in [2.24, 2.45) is 11.7 Å². The summed E-state index contributed by atoms with van der Waals surface area (Å²) in [6.07, 6.45) is 3.95. The summed E-state index contributed by atoms with van der Waals surface area (Å²) >= 11 is 4.58. The van der Waals surface area contributed by atoms with E-state index in [1.807, 2.05) is 0 Å². The number of nitrogens with zero attached hydrogens (tertiary/aromatic N) is 1. The molecular weight excluding hydrogens is 330 g/mol. The molecule has 1 fully saturated rings. The normalized spacial score (nSPS) is 27.8. The standard InChI is InChI=1S/C20H31N3OS/c1-3-13(2)19(21)20(24)23(12-15-10-16(25)11-22-15)18-9-8-14-6-4-5-7-17(14)18/h4-7,13,15-16,18-19,22,25H,3,8-12,21H2,1-2H3/t13-,15+,16+,18?,19-/m0/s1. The number of thiol groups is 1. The maximum atomic E-state index is 13.3. The van der Waals surface area contributed by atoms with E-state index in [-0.39, 0.29) is 17.9 Å². The minimum atomic E-state index is -0.425. The molecule has 25 heavy (non-hydrogen) atoms. The Hall–Kier alpha value is -1.04. The molecule has 138 valence electrons. The van der Waals surface area contributed by atoms with Crippen LogP contribution in [0.2, 0.25) is 0 Å². The molecule has 1 unspecified atom stereocenters. The maximum absolute atomic E-state index is 13.3. The topological polar surface area (TPSA) is 58.4 Å². The Morgan fingerprint density at radius 1 is 1.44 bits per heavy atom. The van der Waals surface area contributed by atoms with Crippen molar-refractivity contribution >= 4 is 18.5 Å². The molecule has 1 aliphatic carbocycles. The van der Waals surface area contributed by atoms with Gasteiger partial charge in [-0.05, 0) is 36.3 Å². The number of nitrogens with two attached hydrogens (primary N) is 1. The number of carbonyl (C=O) groups excluding carboxylic acids is 1. The molecule has 2 aliphatic rings. The van der Waals surface area contributed by atoms with E-state index < -0.39 is 6.04 Å². The Labute approximate surface area is 156 Å². The van der Waals surface area contributed by atoms with Crippen molar-refractivity contribution in [2.75, 3.05) is 13.1 Å². The average Bonchev–Trinajstić information content (AvgIpc) is 3.23. The molecule has 1 saturated heterocycles. The van der Waals surface area contributed by atoms with Gasteiger partial charge in [-0.1, -0.05) is 44.5 Å². The number of benzene rings is 1. The van der Waals surface area contributed by atoms with E-state index in [0.29, 0.717) is 11.3 Å². The van der Waals surface area contributed by atoms with Gasteiger partial charge in [0.05, 0.1) is 12.1 Å². The fraction of sp³-hybridized carbons (Fsp3) is 0.650. The van der Waals surface area contributed by atoms with Gasteiger partial charge in [-0.3, -0.25) is 4.79 Å². The summed E-state index contributed by atoms with van der Waals surface area (Å²) in [6.45, 7) is 5.80. The largest absolute Gasteiger partial charge is 0.333 e. The van der Waals surface area contributed by atoms with Crippen molar-refractivity contribution in [3.05, 3.63) is 35.4 Å². The van der Waals surface area contributed by atoms with Gasteiger partial charge in [0.1, 0.15) is 0 Å². The molecule has 0 radical (unpaired) electrons. The number of hydrogen-bond acceptors (Lipinski definition) is 4. The van der Waals surface area contributed by atoms with E-state index >= 15 is 0 Å². The van der Waals surface area contributed by atoms with E-state index in [1.165, 1.54) is 11.1 Å². The Balaban J connectivity index is 1.83. The number of fused-ring (bicyclic) bond motifs is 1. The molecule has 3 N–H and O–H groups in total. The summed E-state index contributed by atoms with van der Waals surface area (Å²) in [5.41, 5.74) is 9.00. The lowest BCUT2D eigenvalue weighted by Gasteiger charge is -2.35. The van der Waals surface area contributed by atoms with Gasteiger partial charge in [-0.15, -0.1) is 0 Å². The average molecular weight is 362 g/mol. The van der Waals surface area contributed by atoms with Gasteiger partial charge in [-0.2, -0.15) is 12.6 Å². The Bertz CT molecular complexity index is 608. The smallest absolute Gasteiger partial charge is 0.240 e. The first-order valence-corrected chi connectivity index (χ1v) is 10.1. The number of amides is 1. The maximum Gasteiger partial charge on any atom is 0.240 e. The highest BCUT2D eigenvalue weighted by Gasteiger charge is 2.36. The third-order valence-corrected chi connectivity index (χ3v) is 6.31. The highest BCUT2D eigenvalue weighted by atomic mass is 32.1. The van der Waals surface area contributed by atoms with Crippen LogP contribution >= 0.6 is 12.6 Å². The van der Waals surface area contributed by atoms with Gasteiger partial charge in [-0.25, -0.2) is 0 Å². The predicted molar refractivity (Wildman–Crippen MR) is 106 cm³/mol. The Morgan fingerprint density at radius 2 is 2.20 bits per heavy atom. The highest BCUT2D eigenvalue weighted by Crippen LogP contribution is 2.36. The second kappa shape index (κ2) is 8.11. The van der Waals surface area contributed by atoms with Crippen LogP contribution in [0.4, 0.5) is 0 Å². The monoisotopic (exact) mass is 361 g/mol. The second-order valence-electron chi connectivity index (χ2n) is 7.65. The van der Waals surface area contributed by atoms with Crippen molar-refractivity contribution in [1.29, 1.82) is 0 Å². The van der Waals surface area contributed by atoms with Gasteiger partial charge < -0.3 is 16.0 Å². The zero-order valence-electron chi connectivity index (χ0n) is 15.3. The van der Waals surface area contributed by atoms with Gasteiger partial charge >= 0.3 is 0 Å². The Kier molecular flexibility index (Phi) is 6.08. The first-order valence-electron chi connectivity index (χ1n) is 9.56. The van der Waals surface area contributed by atoms with Crippen molar-refractivity contribution in [3.8, 4) is 0 Å². The lowest BCUT2D eigenvalue weighted by Crippen LogP contribution is -2.51. The molecule has 0 aromatic heterocycles. The van der Waals surface area contributed by atoms with Gasteiger partial charge in [0.25, 0.3) is 0 Å². The molecule has 0 spiro atoms. The third kappa shape index (κ3) is 4.04. The first-order chi connectivity index (χ1) is 12.0. The zero-order chi connectivity index (χ0) is 18.0. The molecule has 0 saturated carbocycles. The molecule has 5 atom stereocenters. The summed E-state index contributed by atoms with van der Waals surface area (Å²) in [7, 11) is 0. The molecule has 1 aromatic rings. The number of nitrogens with one attached hydrogen (secondary N) is 1. The van der Waals surface area contributed by atoms with Crippen molar-refractivity contribution in [3.63, 3.8) is 0 Å². The van der Waals surface area contributed by atoms with E-state index in [4.69, 9.17) is 5.73 Å². The predicted octanol–water partition coefficient (Wildman–Crippen LogP) is 2.54. The minimum Gasteiger partial charge on any atom is -0.333 e. The fourth-order valence-corrected chi connectivity index (χ4v) is 4.45. The van der Waals surface area contributed by atoms with E-state index in [0.717, 1.165) is 38.8 Å². The van der Waals surface area contributed by atoms with Crippen LogP contribution in [-0.2, 0) is 11.2 Å². The number of rotatable bonds is 6. The van der Waals surface area contributed by atoms with Crippen LogP contribution < -0.4 is 11.1 Å². The fourth-order valence-electron chi connectivity index (χ4n) is 4.09. The van der Waals surface area contributed by atoms with Crippen LogP contribution in [0.5, 0.6) is 0 Å². The van der Waals surface area contributed by atoms with Crippen LogP contribution in [0.3, 0.4) is 0 Å². The van der Waals surface area contributed by atoms with Gasteiger partial charge in [0, 0.05) is 24.4 Å². The Morgan fingerprint density at radius 3 is 2.88 bits per heavy atom. The first kappa shape index (κ1) is 18.7. The van der Waals surface area contributed by atoms with Crippen LogP contribution in [0.1, 0.15) is 50.3 Å². The molecule has 1 heterocycles. The number of hydrogen-bond donors (Lipinski definition) is 3. The SMILES string of the molecule is CC[C@H](C)[C@H](N)C(=O)N(C[C@H]1C[C@@H](S)CN1)C1CCc2ccccc21. The lowest BCUT2D eigenvalue weighted by molar-refractivity contribution is -0.136. The van der Waals surface area contributed by atoms with Crippen LogP contribution in [-0.4, -0.2) is 41.2 Å². The summed E-state index contributed by atoms with van der Waals surface area (Å²) in [6, 6.07) is 8.55. The third-order valence-electron chi connectivity index (χ3n) is 5.92. The molecule has 1 amide bonds. The molecule has 1 aliphatic heterocycles. The quantitative estimate of drug-likeness (QED) is 0.683. The van der Waals surface area contributed by atoms with Crippen molar-refractivity contribution in [1.82, 2.24) is 10.2 Å². The summed E-state index contributed by atoms with van der Waals surface area (Å²) in [5.74, 6) is 0.293. The van der Waals surface area contributed by atoms with E-state index in [2.05, 4.69) is 61.0 Å². The van der Waals surface area contributed by atoms with Crippen LogP contribution in [0, 0.1) is 5.92 Å². The molecule has 3 rings (SSSR count). The highest BCUT2D eigenvalue weighted by molar-refractivity contribution is 7.81. The van der Waals surface area contributed by atoms with Crippen LogP contribution in [0.15, 0.2) is 24.3 Å². The summed E-state index contributed by atoms with van der Waals surface area (Å²) in [5, 5.41) is 3.89. The number of aryl methyl sites for hydroxylation is 1. The molecule has 5 heteroatoms. The van der Waals surface area contributed by atoms with Crippen molar-refractivity contribution in [2.45, 2.75) is 62.9 Å². The minimum absolute atomic E-state index is 0.0977. The molecular formula is C20H31N3OS. The molecule has 0 bridgehead atoms. The number of carbonyl (C=O) groups is 1. The molecule has 1 aromatic carbocycles. The molecule has 4 nitrogen and oxygen atoms in total.